The first kappa shape index (κ1) is 15.4. The summed E-state index contributed by atoms with van der Waals surface area (Å²) in [6.45, 7) is 1.93. The Hall–Kier alpha value is -3.14. The Kier molecular flexibility index (Phi) is 3.94. The van der Waals surface area contributed by atoms with E-state index in [1.807, 2.05) is 49.4 Å². The molecule has 0 aliphatic rings. The molecular weight excluding hydrogens is 312 g/mol. The molecular formula is C21H18N2O2. The number of amides is 1. The van der Waals surface area contributed by atoms with Crippen molar-refractivity contribution in [3.8, 4) is 0 Å². The number of benzene rings is 2. The van der Waals surface area contributed by atoms with Crippen LogP contribution in [0.3, 0.4) is 0 Å². The molecule has 2 aromatic heterocycles. The van der Waals surface area contributed by atoms with Gasteiger partial charge in [-0.2, -0.15) is 0 Å². The number of carbonyl (C=O) groups is 1. The number of hydrogen-bond acceptors (Lipinski definition) is 3. The van der Waals surface area contributed by atoms with E-state index < -0.39 is 0 Å². The first-order valence-corrected chi connectivity index (χ1v) is 8.30. The van der Waals surface area contributed by atoms with Crippen molar-refractivity contribution in [3.63, 3.8) is 0 Å². The van der Waals surface area contributed by atoms with Crippen molar-refractivity contribution in [2.75, 3.05) is 0 Å². The lowest BCUT2D eigenvalue weighted by atomic mass is 10.0. The van der Waals surface area contributed by atoms with E-state index in [0.29, 0.717) is 0 Å². The lowest BCUT2D eigenvalue weighted by Crippen LogP contribution is -2.28. The Bertz CT molecular complexity index is 1040. The monoisotopic (exact) mass is 330 g/mol. The highest BCUT2D eigenvalue weighted by molar-refractivity contribution is 6.08. The van der Waals surface area contributed by atoms with Crippen LogP contribution in [0.1, 0.15) is 24.2 Å². The SMILES string of the molecule is CC(NC(=O)Cc1coc2ccc3ccccc3c12)c1ccccn1. The van der Waals surface area contributed by atoms with Crippen LogP contribution in [0.4, 0.5) is 0 Å². The van der Waals surface area contributed by atoms with Crippen molar-refractivity contribution in [1.82, 2.24) is 10.3 Å². The van der Waals surface area contributed by atoms with Gasteiger partial charge in [0.1, 0.15) is 5.58 Å². The normalized spacial score (nSPS) is 12.4. The van der Waals surface area contributed by atoms with Gasteiger partial charge in [0.2, 0.25) is 5.91 Å². The summed E-state index contributed by atoms with van der Waals surface area (Å²) in [5.41, 5.74) is 2.55. The Balaban J connectivity index is 1.60. The highest BCUT2D eigenvalue weighted by Crippen LogP contribution is 2.30. The maximum absolute atomic E-state index is 12.5. The molecule has 4 rings (SSSR count). The summed E-state index contributed by atoms with van der Waals surface area (Å²) < 4.78 is 5.66. The van der Waals surface area contributed by atoms with E-state index in [1.165, 1.54) is 0 Å². The van der Waals surface area contributed by atoms with Gasteiger partial charge < -0.3 is 9.73 Å². The lowest BCUT2D eigenvalue weighted by Gasteiger charge is -2.13. The number of furan rings is 1. The Morgan fingerprint density at radius 3 is 2.80 bits per heavy atom. The van der Waals surface area contributed by atoms with Gasteiger partial charge >= 0.3 is 0 Å². The van der Waals surface area contributed by atoms with Crippen molar-refractivity contribution in [3.05, 3.63) is 78.3 Å². The molecule has 2 aromatic carbocycles. The maximum atomic E-state index is 12.5. The van der Waals surface area contributed by atoms with E-state index >= 15 is 0 Å². The number of pyridine rings is 1. The highest BCUT2D eigenvalue weighted by atomic mass is 16.3. The van der Waals surface area contributed by atoms with Crippen LogP contribution < -0.4 is 5.32 Å². The Labute approximate surface area is 145 Å². The van der Waals surface area contributed by atoms with Gasteiger partial charge in [-0.05, 0) is 35.9 Å². The second-order valence-corrected chi connectivity index (χ2v) is 6.14. The van der Waals surface area contributed by atoms with Crippen molar-refractivity contribution in [2.45, 2.75) is 19.4 Å². The van der Waals surface area contributed by atoms with Crippen LogP contribution in [0.25, 0.3) is 21.7 Å². The molecule has 4 nitrogen and oxygen atoms in total. The van der Waals surface area contributed by atoms with Crippen molar-refractivity contribution in [1.29, 1.82) is 0 Å². The number of fused-ring (bicyclic) bond motifs is 3. The van der Waals surface area contributed by atoms with E-state index in [-0.39, 0.29) is 18.4 Å². The fourth-order valence-corrected chi connectivity index (χ4v) is 3.18. The van der Waals surface area contributed by atoms with E-state index in [1.54, 1.807) is 12.5 Å². The number of hydrogen-bond donors (Lipinski definition) is 1. The lowest BCUT2D eigenvalue weighted by molar-refractivity contribution is -0.121. The van der Waals surface area contributed by atoms with Gasteiger partial charge in [0.25, 0.3) is 0 Å². The van der Waals surface area contributed by atoms with Gasteiger partial charge in [-0.15, -0.1) is 0 Å². The van der Waals surface area contributed by atoms with E-state index in [4.69, 9.17) is 4.42 Å². The second-order valence-electron chi connectivity index (χ2n) is 6.14. The van der Waals surface area contributed by atoms with Crippen LogP contribution >= 0.6 is 0 Å². The summed E-state index contributed by atoms with van der Waals surface area (Å²) in [6, 6.07) is 17.7. The number of carbonyl (C=O) groups excluding carboxylic acids is 1. The molecule has 0 spiro atoms. The molecule has 4 aromatic rings. The van der Waals surface area contributed by atoms with Crippen molar-refractivity contribution >= 4 is 27.6 Å². The number of aromatic nitrogens is 1. The predicted octanol–water partition coefficient (Wildman–Crippen LogP) is 4.40. The van der Waals surface area contributed by atoms with E-state index in [0.717, 1.165) is 33.0 Å². The van der Waals surface area contributed by atoms with Crippen molar-refractivity contribution in [2.24, 2.45) is 0 Å². The molecule has 2 heterocycles. The zero-order valence-electron chi connectivity index (χ0n) is 13.9. The predicted molar refractivity (Wildman–Crippen MR) is 98.2 cm³/mol. The van der Waals surface area contributed by atoms with Crippen LogP contribution in [-0.4, -0.2) is 10.9 Å². The second kappa shape index (κ2) is 6.40. The Morgan fingerprint density at radius 1 is 1.12 bits per heavy atom. The zero-order chi connectivity index (χ0) is 17.2. The smallest absolute Gasteiger partial charge is 0.225 e. The van der Waals surface area contributed by atoms with E-state index in [9.17, 15) is 4.79 Å². The summed E-state index contributed by atoms with van der Waals surface area (Å²) >= 11 is 0. The van der Waals surface area contributed by atoms with Crippen LogP contribution in [0, 0.1) is 0 Å². The average molecular weight is 330 g/mol. The first-order chi connectivity index (χ1) is 12.2. The van der Waals surface area contributed by atoms with Crippen LogP contribution in [0.5, 0.6) is 0 Å². The summed E-state index contributed by atoms with van der Waals surface area (Å²) in [4.78, 5) is 16.8. The van der Waals surface area contributed by atoms with Crippen molar-refractivity contribution < 1.29 is 9.21 Å². The fourth-order valence-electron chi connectivity index (χ4n) is 3.18. The molecule has 0 aliphatic carbocycles. The quantitative estimate of drug-likeness (QED) is 0.603. The minimum absolute atomic E-state index is 0.0474. The molecule has 25 heavy (non-hydrogen) atoms. The summed E-state index contributed by atoms with van der Waals surface area (Å²) in [7, 11) is 0. The third-order valence-electron chi connectivity index (χ3n) is 4.40. The summed E-state index contributed by atoms with van der Waals surface area (Å²) in [5, 5.41) is 6.26. The third-order valence-corrected chi connectivity index (χ3v) is 4.40. The fraction of sp³-hybridized carbons (Fsp3) is 0.143. The van der Waals surface area contributed by atoms with E-state index in [2.05, 4.69) is 22.4 Å². The minimum atomic E-state index is -0.136. The first-order valence-electron chi connectivity index (χ1n) is 8.30. The highest BCUT2D eigenvalue weighted by Gasteiger charge is 2.15. The average Bonchev–Trinajstić information content (AvgIpc) is 3.05. The molecule has 1 atom stereocenters. The molecule has 1 amide bonds. The molecule has 1 N–H and O–H groups in total. The van der Waals surface area contributed by atoms with Gasteiger partial charge in [0, 0.05) is 17.1 Å². The van der Waals surface area contributed by atoms with Crippen LogP contribution in [0.2, 0.25) is 0 Å². The molecule has 0 aliphatic heterocycles. The van der Waals surface area contributed by atoms with Gasteiger partial charge in [0.15, 0.2) is 0 Å². The topological polar surface area (TPSA) is 55.1 Å². The zero-order valence-corrected chi connectivity index (χ0v) is 13.9. The molecule has 0 saturated carbocycles. The standard InChI is InChI=1S/C21H18N2O2/c1-14(18-8-4-5-11-22-18)23-20(24)12-16-13-25-19-10-9-15-6-2-3-7-17(15)21(16)19/h2-11,13-14H,12H2,1H3,(H,23,24). The molecule has 1 unspecified atom stereocenters. The third kappa shape index (κ3) is 2.98. The van der Waals surface area contributed by atoms with Gasteiger partial charge in [-0.25, -0.2) is 0 Å². The maximum Gasteiger partial charge on any atom is 0.225 e. The summed E-state index contributed by atoms with van der Waals surface area (Å²) in [6.07, 6.45) is 3.69. The summed E-state index contributed by atoms with van der Waals surface area (Å²) in [5.74, 6) is -0.0474. The molecule has 124 valence electrons. The Morgan fingerprint density at radius 2 is 1.96 bits per heavy atom. The number of nitrogens with one attached hydrogen (secondary N) is 1. The van der Waals surface area contributed by atoms with Crippen LogP contribution in [-0.2, 0) is 11.2 Å². The molecule has 4 heteroatoms. The minimum Gasteiger partial charge on any atom is -0.464 e. The number of rotatable bonds is 4. The van der Waals surface area contributed by atoms with Gasteiger partial charge in [-0.3, -0.25) is 9.78 Å². The number of nitrogens with zero attached hydrogens (tertiary/aromatic N) is 1. The van der Waals surface area contributed by atoms with Gasteiger partial charge in [-0.1, -0.05) is 36.4 Å². The molecule has 0 fully saturated rings. The molecule has 0 bridgehead atoms. The van der Waals surface area contributed by atoms with Crippen LogP contribution in [0.15, 0.2) is 71.5 Å². The van der Waals surface area contributed by atoms with Gasteiger partial charge in [0.05, 0.1) is 24.4 Å². The largest absolute Gasteiger partial charge is 0.464 e. The molecule has 0 radical (unpaired) electrons. The molecule has 0 saturated heterocycles.